The van der Waals surface area contributed by atoms with Crippen LogP contribution in [0.2, 0.25) is 0 Å². The highest BCUT2D eigenvalue weighted by Gasteiger charge is 2.21. The van der Waals surface area contributed by atoms with Crippen LogP contribution in [0.1, 0.15) is 0 Å². The molecule has 0 unspecified atom stereocenters. The predicted molar refractivity (Wildman–Crippen MR) is 194 cm³/mol. The van der Waals surface area contributed by atoms with Crippen molar-refractivity contribution in [1.82, 2.24) is 0 Å². The summed E-state index contributed by atoms with van der Waals surface area (Å²) in [5.41, 5.74) is 7.78. The molecule has 47 heavy (non-hydrogen) atoms. The lowest BCUT2D eigenvalue weighted by molar-refractivity contribution is 0.439. The summed E-state index contributed by atoms with van der Waals surface area (Å²) in [5.74, 6) is 2.93. The molecule has 3 heteroatoms. The molecular formula is C44H29NO2. The number of nitrogens with zero attached hydrogens (tertiary/aromatic N) is 1. The second-order valence-electron chi connectivity index (χ2n) is 11.8. The zero-order valence-electron chi connectivity index (χ0n) is 25.5. The average molecular weight is 604 g/mol. The van der Waals surface area contributed by atoms with Gasteiger partial charge in [-0.25, -0.2) is 0 Å². The number of benzene rings is 8. The molecule has 0 amide bonds. The third-order valence-corrected chi connectivity index (χ3v) is 8.89. The van der Waals surface area contributed by atoms with Crippen LogP contribution in [0.4, 0.5) is 17.1 Å². The molecule has 0 spiro atoms. The zero-order valence-corrected chi connectivity index (χ0v) is 25.5. The van der Waals surface area contributed by atoms with Gasteiger partial charge in [0.2, 0.25) is 0 Å². The van der Waals surface area contributed by atoms with Gasteiger partial charge in [0.05, 0.1) is 11.1 Å². The minimum Gasteiger partial charge on any atom is -0.453 e. The number of hydrogen-bond acceptors (Lipinski definition) is 3. The molecule has 0 bridgehead atoms. The Balaban J connectivity index is 1.13. The molecule has 0 saturated carbocycles. The SMILES string of the molecule is c1ccc(-c2ccc(N(c3ccc(-c4ccc5ccccc5c4)cc3)c3ccc4c(c3)Oc3cccc5cccc(c35)O4)cc2)cc1. The Labute approximate surface area is 273 Å². The fourth-order valence-corrected chi connectivity index (χ4v) is 6.53. The summed E-state index contributed by atoms with van der Waals surface area (Å²) in [6.45, 7) is 0. The Morgan fingerprint density at radius 2 is 0.830 bits per heavy atom. The van der Waals surface area contributed by atoms with Crippen LogP contribution in [0.5, 0.6) is 23.0 Å². The lowest BCUT2D eigenvalue weighted by Gasteiger charge is -2.26. The third kappa shape index (κ3) is 4.95. The molecule has 8 aromatic carbocycles. The van der Waals surface area contributed by atoms with Gasteiger partial charge < -0.3 is 14.4 Å². The van der Waals surface area contributed by atoms with Gasteiger partial charge in [-0.1, -0.05) is 115 Å². The number of rotatable bonds is 5. The molecule has 8 aromatic rings. The number of anilines is 3. The second-order valence-corrected chi connectivity index (χ2v) is 11.8. The largest absolute Gasteiger partial charge is 0.453 e. The Morgan fingerprint density at radius 1 is 0.298 bits per heavy atom. The molecular weight excluding hydrogens is 574 g/mol. The van der Waals surface area contributed by atoms with Crippen molar-refractivity contribution in [3.8, 4) is 45.3 Å². The summed E-state index contributed by atoms with van der Waals surface area (Å²) in [6, 6.07) is 61.5. The van der Waals surface area contributed by atoms with Gasteiger partial charge >= 0.3 is 0 Å². The summed E-state index contributed by atoms with van der Waals surface area (Å²) < 4.78 is 13.0. The van der Waals surface area contributed by atoms with Crippen LogP contribution >= 0.6 is 0 Å². The van der Waals surface area contributed by atoms with Gasteiger partial charge in [0.1, 0.15) is 11.5 Å². The van der Waals surface area contributed by atoms with Crippen LogP contribution in [0.25, 0.3) is 43.8 Å². The average Bonchev–Trinajstić information content (AvgIpc) is 3.30. The predicted octanol–water partition coefficient (Wildman–Crippen LogP) is 12.7. The van der Waals surface area contributed by atoms with Gasteiger partial charge in [-0.15, -0.1) is 0 Å². The van der Waals surface area contributed by atoms with Gasteiger partial charge in [-0.05, 0) is 93.0 Å². The van der Waals surface area contributed by atoms with Crippen LogP contribution in [0, 0.1) is 0 Å². The van der Waals surface area contributed by atoms with Gasteiger partial charge in [0.25, 0.3) is 0 Å². The van der Waals surface area contributed by atoms with Crippen LogP contribution in [0.3, 0.4) is 0 Å². The first-order valence-electron chi connectivity index (χ1n) is 15.8. The molecule has 1 aliphatic rings. The van der Waals surface area contributed by atoms with Gasteiger partial charge in [0.15, 0.2) is 11.5 Å². The van der Waals surface area contributed by atoms with Crippen molar-refractivity contribution in [1.29, 1.82) is 0 Å². The second kappa shape index (κ2) is 11.2. The lowest BCUT2D eigenvalue weighted by Crippen LogP contribution is -2.10. The molecule has 1 heterocycles. The normalized spacial score (nSPS) is 11.7. The summed E-state index contributed by atoms with van der Waals surface area (Å²) >= 11 is 0. The molecule has 0 N–H and O–H groups in total. The first kappa shape index (κ1) is 27.0. The highest BCUT2D eigenvalue weighted by molar-refractivity contribution is 5.95. The first-order chi connectivity index (χ1) is 23.3. The summed E-state index contributed by atoms with van der Waals surface area (Å²) in [7, 11) is 0. The van der Waals surface area contributed by atoms with E-state index in [1.54, 1.807) is 0 Å². The van der Waals surface area contributed by atoms with Crippen molar-refractivity contribution in [2.45, 2.75) is 0 Å². The molecule has 3 nitrogen and oxygen atoms in total. The fourth-order valence-electron chi connectivity index (χ4n) is 6.53. The Hall–Kier alpha value is -6.32. The lowest BCUT2D eigenvalue weighted by atomic mass is 10.0. The van der Waals surface area contributed by atoms with E-state index in [0.717, 1.165) is 39.3 Å². The van der Waals surface area contributed by atoms with Gasteiger partial charge in [-0.2, -0.15) is 0 Å². The monoisotopic (exact) mass is 603 g/mol. The van der Waals surface area contributed by atoms with Crippen molar-refractivity contribution in [3.05, 3.63) is 176 Å². The standard InChI is InChI=1S/C44H29NO2/c1-2-8-30(9-3-1)32-18-22-37(23-19-32)45(38-24-20-33(21-25-38)36-17-16-31-10-4-5-11-35(31)28-36)39-26-27-40-43(29-39)47-42-15-7-13-34-12-6-14-41(46-40)44(34)42/h1-29H. The van der Waals surface area contributed by atoms with E-state index in [0.29, 0.717) is 11.5 Å². The van der Waals surface area contributed by atoms with Crippen LogP contribution in [0.15, 0.2) is 176 Å². The van der Waals surface area contributed by atoms with Crippen molar-refractivity contribution < 1.29 is 9.47 Å². The number of hydrogen-bond donors (Lipinski definition) is 0. The highest BCUT2D eigenvalue weighted by Crippen LogP contribution is 2.48. The maximum absolute atomic E-state index is 6.57. The van der Waals surface area contributed by atoms with Crippen molar-refractivity contribution in [2.75, 3.05) is 4.90 Å². The minimum absolute atomic E-state index is 0.671. The van der Waals surface area contributed by atoms with Crippen molar-refractivity contribution in [2.24, 2.45) is 0 Å². The van der Waals surface area contributed by atoms with Gasteiger partial charge in [-0.3, -0.25) is 0 Å². The fraction of sp³-hybridized carbons (Fsp3) is 0. The summed E-state index contributed by atoms with van der Waals surface area (Å²) in [6.07, 6.45) is 0. The Kier molecular flexibility index (Phi) is 6.46. The topological polar surface area (TPSA) is 21.7 Å². The van der Waals surface area contributed by atoms with E-state index in [1.165, 1.54) is 33.0 Å². The van der Waals surface area contributed by atoms with E-state index >= 15 is 0 Å². The maximum atomic E-state index is 6.57. The Morgan fingerprint density at radius 3 is 1.53 bits per heavy atom. The summed E-state index contributed by atoms with van der Waals surface area (Å²) in [4.78, 5) is 2.27. The number of ether oxygens (including phenoxy) is 2. The Bertz CT molecular complexity index is 2390. The smallest absolute Gasteiger partial charge is 0.172 e. The molecule has 0 atom stereocenters. The van der Waals surface area contributed by atoms with Crippen LogP contribution in [-0.4, -0.2) is 0 Å². The van der Waals surface area contributed by atoms with E-state index < -0.39 is 0 Å². The highest BCUT2D eigenvalue weighted by atomic mass is 16.5. The third-order valence-electron chi connectivity index (χ3n) is 8.89. The zero-order chi connectivity index (χ0) is 31.2. The molecule has 1 aliphatic heterocycles. The summed E-state index contributed by atoms with van der Waals surface area (Å²) in [5, 5.41) is 4.54. The van der Waals surface area contributed by atoms with Gasteiger partial charge in [0, 0.05) is 17.4 Å². The maximum Gasteiger partial charge on any atom is 0.172 e. The quantitative estimate of drug-likeness (QED) is 0.195. The van der Waals surface area contributed by atoms with E-state index in [2.05, 4.69) is 144 Å². The molecule has 0 fully saturated rings. The molecule has 0 radical (unpaired) electrons. The molecule has 0 aromatic heterocycles. The molecule has 222 valence electrons. The molecule has 0 aliphatic carbocycles. The van der Waals surface area contributed by atoms with Crippen molar-refractivity contribution in [3.63, 3.8) is 0 Å². The molecule has 0 saturated heterocycles. The van der Waals surface area contributed by atoms with Crippen LogP contribution in [-0.2, 0) is 0 Å². The van der Waals surface area contributed by atoms with E-state index in [-0.39, 0.29) is 0 Å². The van der Waals surface area contributed by atoms with E-state index in [4.69, 9.17) is 9.47 Å². The molecule has 9 rings (SSSR count). The van der Waals surface area contributed by atoms with E-state index in [9.17, 15) is 0 Å². The van der Waals surface area contributed by atoms with Crippen LogP contribution < -0.4 is 14.4 Å². The minimum atomic E-state index is 0.671. The van der Waals surface area contributed by atoms with Crippen molar-refractivity contribution >= 4 is 38.6 Å². The number of fused-ring (bicyclic) bond motifs is 2. The first-order valence-corrected chi connectivity index (χ1v) is 15.8. The van der Waals surface area contributed by atoms with E-state index in [1.807, 2.05) is 36.4 Å².